The van der Waals surface area contributed by atoms with Crippen molar-refractivity contribution in [2.24, 2.45) is 5.92 Å². The van der Waals surface area contributed by atoms with Gasteiger partial charge in [-0.3, -0.25) is 4.79 Å². The third-order valence-corrected chi connectivity index (χ3v) is 4.24. The monoisotopic (exact) mass is 281 g/mol. The minimum Gasteiger partial charge on any atom is -0.444 e. The normalized spacial score (nSPS) is 28.4. The molecule has 2 fully saturated rings. The Labute approximate surface area is 121 Å². The topological polar surface area (TPSA) is 46.6 Å². The van der Waals surface area contributed by atoms with Crippen molar-refractivity contribution in [1.82, 2.24) is 4.90 Å². The number of carbonyl (C=O) groups is 2. The maximum absolute atomic E-state index is 12.4. The highest BCUT2D eigenvalue weighted by atomic mass is 16.6. The average molecular weight is 281 g/mol. The van der Waals surface area contributed by atoms with Crippen LogP contribution in [0.1, 0.15) is 65.7 Å². The van der Waals surface area contributed by atoms with Crippen molar-refractivity contribution in [3.63, 3.8) is 0 Å². The Morgan fingerprint density at radius 2 is 1.90 bits per heavy atom. The van der Waals surface area contributed by atoms with Crippen LogP contribution in [0, 0.1) is 5.92 Å². The van der Waals surface area contributed by atoms with Crippen LogP contribution in [-0.4, -0.2) is 35.0 Å². The molecule has 1 heterocycles. The summed E-state index contributed by atoms with van der Waals surface area (Å²) in [6.45, 7) is 6.39. The maximum Gasteiger partial charge on any atom is 0.410 e. The molecule has 0 unspecified atom stereocenters. The Balaban J connectivity index is 2.12. The molecule has 2 atom stereocenters. The molecule has 2 aliphatic rings. The third-order valence-electron chi connectivity index (χ3n) is 4.24. The van der Waals surface area contributed by atoms with Gasteiger partial charge in [0.15, 0.2) is 0 Å². The van der Waals surface area contributed by atoms with Crippen molar-refractivity contribution < 1.29 is 14.3 Å². The van der Waals surface area contributed by atoms with Gasteiger partial charge in [0.1, 0.15) is 11.4 Å². The van der Waals surface area contributed by atoms with E-state index in [4.69, 9.17) is 4.74 Å². The fraction of sp³-hybridized carbons (Fsp3) is 0.875. The SMILES string of the molecule is CC(C)(C)OC(=O)N1CCCCC[C@H]1[C@@H]1CCCC1=O. The number of nitrogens with zero attached hydrogens (tertiary/aromatic N) is 1. The van der Waals surface area contributed by atoms with Crippen molar-refractivity contribution in [3.8, 4) is 0 Å². The number of hydrogen-bond donors (Lipinski definition) is 0. The molecule has 0 bridgehead atoms. The number of ether oxygens (including phenoxy) is 1. The highest BCUT2D eigenvalue weighted by molar-refractivity contribution is 5.84. The maximum atomic E-state index is 12.4. The summed E-state index contributed by atoms with van der Waals surface area (Å²) in [5.41, 5.74) is -0.479. The predicted molar refractivity (Wildman–Crippen MR) is 77.5 cm³/mol. The lowest BCUT2D eigenvalue weighted by molar-refractivity contribution is -0.122. The molecule has 0 aromatic rings. The van der Waals surface area contributed by atoms with E-state index in [9.17, 15) is 9.59 Å². The van der Waals surface area contributed by atoms with E-state index in [2.05, 4.69) is 0 Å². The molecule has 20 heavy (non-hydrogen) atoms. The quantitative estimate of drug-likeness (QED) is 0.738. The molecule has 0 aromatic carbocycles. The lowest BCUT2D eigenvalue weighted by atomic mass is 9.92. The molecule has 1 aliphatic carbocycles. The zero-order valence-corrected chi connectivity index (χ0v) is 13.0. The van der Waals surface area contributed by atoms with Gasteiger partial charge in [0.05, 0.1) is 0 Å². The average Bonchev–Trinajstić information content (AvgIpc) is 2.62. The van der Waals surface area contributed by atoms with Crippen molar-refractivity contribution in [1.29, 1.82) is 0 Å². The number of Topliss-reactive ketones (excluding diaryl/α,β-unsaturated/α-hetero) is 1. The lowest BCUT2D eigenvalue weighted by Crippen LogP contribution is -2.47. The Kier molecular flexibility index (Phi) is 4.71. The molecule has 114 valence electrons. The van der Waals surface area contributed by atoms with Crippen LogP contribution in [0.25, 0.3) is 0 Å². The summed E-state index contributed by atoms with van der Waals surface area (Å²) in [7, 11) is 0. The lowest BCUT2D eigenvalue weighted by Gasteiger charge is -2.35. The standard InChI is InChI=1S/C16H27NO3/c1-16(2,3)20-15(19)17-11-6-4-5-9-13(17)12-8-7-10-14(12)18/h12-13H,4-11H2,1-3H3/t12-,13-/m0/s1. The van der Waals surface area contributed by atoms with Crippen LogP contribution in [0.4, 0.5) is 4.79 Å². The molecule has 0 radical (unpaired) electrons. The first-order valence-corrected chi connectivity index (χ1v) is 7.91. The van der Waals surface area contributed by atoms with Crippen LogP contribution in [-0.2, 0) is 9.53 Å². The number of ketones is 1. The van der Waals surface area contributed by atoms with Crippen LogP contribution in [0.15, 0.2) is 0 Å². The summed E-state index contributed by atoms with van der Waals surface area (Å²) < 4.78 is 5.53. The summed E-state index contributed by atoms with van der Waals surface area (Å²) >= 11 is 0. The molecule has 0 spiro atoms. The highest BCUT2D eigenvalue weighted by Gasteiger charge is 2.39. The second-order valence-electron chi connectivity index (χ2n) is 7.06. The molecule has 1 aliphatic heterocycles. The first kappa shape index (κ1) is 15.3. The number of amides is 1. The van der Waals surface area contributed by atoms with Crippen molar-refractivity contribution in [2.45, 2.75) is 77.4 Å². The number of likely N-dealkylation sites (tertiary alicyclic amines) is 1. The van der Waals surface area contributed by atoms with Gasteiger partial charge in [0.2, 0.25) is 0 Å². The van der Waals surface area contributed by atoms with E-state index in [1.807, 2.05) is 25.7 Å². The first-order valence-electron chi connectivity index (χ1n) is 7.91. The van der Waals surface area contributed by atoms with Crippen LogP contribution in [0.3, 0.4) is 0 Å². The third kappa shape index (κ3) is 3.74. The van der Waals surface area contributed by atoms with E-state index in [-0.39, 0.29) is 18.1 Å². The van der Waals surface area contributed by atoms with Gasteiger partial charge in [-0.05, 0) is 46.5 Å². The Morgan fingerprint density at radius 1 is 1.15 bits per heavy atom. The summed E-state index contributed by atoms with van der Waals surface area (Å²) in [5, 5.41) is 0. The van der Waals surface area contributed by atoms with E-state index in [1.165, 1.54) is 0 Å². The molecule has 1 amide bonds. The molecule has 1 saturated heterocycles. The molecular formula is C16H27NO3. The van der Waals surface area contributed by atoms with E-state index >= 15 is 0 Å². The minimum atomic E-state index is -0.479. The van der Waals surface area contributed by atoms with Gasteiger partial charge < -0.3 is 9.64 Å². The van der Waals surface area contributed by atoms with Crippen LogP contribution >= 0.6 is 0 Å². The number of hydrogen-bond acceptors (Lipinski definition) is 3. The molecule has 2 rings (SSSR count). The predicted octanol–water partition coefficient (Wildman–Crippen LogP) is 3.54. The molecular weight excluding hydrogens is 254 g/mol. The van der Waals surface area contributed by atoms with Gasteiger partial charge in [-0.1, -0.05) is 12.8 Å². The van der Waals surface area contributed by atoms with Gasteiger partial charge in [-0.15, -0.1) is 0 Å². The van der Waals surface area contributed by atoms with Crippen molar-refractivity contribution in [2.75, 3.05) is 6.54 Å². The minimum absolute atomic E-state index is 0.0422. The Hall–Kier alpha value is -1.06. The molecule has 0 aromatic heterocycles. The first-order chi connectivity index (χ1) is 9.38. The van der Waals surface area contributed by atoms with Crippen LogP contribution in [0.2, 0.25) is 0 Å². The van der Waals surface area contributed by atoms with Gasteiger partial charge >= 0.3 is 6.09 Å². The molecule has 4 heteroatoms. The largest absolute Gasteiger partial charge is 0.444 e. The number of rotatable bonds is 1. The van der Waals surface area contributed by atoms with Crippen molar-refractivity contribution >= 4 is 11.9 Å². The van der Waals surface area contributed by atoms with E-state index in [1.54, 1.807) is 0 Å². The summed E-state index contributed by atoms with van der Waals surface area (Å²) in [5.74, 6) is 0.381. The van der Waals surface area contributed by atoms with Gasteiger partial charge in [-0.2, -0.15) is 0 Å². The summed E-state index contributed by atoms with van der Waals surface area (Å²) in [6.07, 6.45) is 6.54. The molecule has 4 nitrogen and oxygen atoms in total. The van der Waals surface area contributed by atoms with E-state index in [0.717, 1.165) is 45.1 Å². The smallest absolute Gasteiger partial charge is 0.410 e. The van der Waals surface area contributed by atoms with Crippen LogP contribution in [0.5, 0.6) is 0 Å². The Morgan fingerprint density at radius 3 is 2.50 bits per heavy atom. The Bertz CT molecular complexity index is 372. The second kappa shape index (κ2) is 6.15. The fourth-order valence-electron chi connectivity index (χ4n) is 3.35. The summed E-state index contributed by atoms with van der Waals surface area (Å²) in [6, 6.07) is 0.0577. The zero-order valence-electron chi connectivity index (χ0n) is 13.0. The van der Waals surface area contributed by atoms with Crippen LogP contribution < -0.4 is 0 Å². The number of carbonyl (C=O) groups excluding carboxylic acids is 2. The van der Waals surface area contributed by atoms with E-state index < -0.39 is 5.60 Å². The highest BCUT2D eigenvalue weighted by Crippen LogP contribution is 2.32. The van der Waals surface area contributed by atoms with Gasteiger partial charge in [0.25, 0.3) is 0 Å². The van der Waals surface area contributed by atoms with Crippen molar-refractivity contribution in [3.05, 3.63) is 0 Å². The fourth-order valence-corrected chi connectivity index (χ4v) is 3.35. The summed E-state index contributed by atoms with van der Waals surface area (Å²) in [4.78, 5) is 26.3. The second-order valence-corrected chi connectivity index (χ2v) is 7.06. The van der Waals surface area contributed by atoms with Gasteiger partial charge in [0, 0.05) is 24.9 Å². The molecule has 0 N–H and O–H groups in total. The molecule has 1 saturated carbocycles. The van der Waals surface area contributed by atoms with E-state index in [0.29, 0.717) is 12.2 Å². The zero-order chi connectivity index (χ0) is 14.8. The van der Waals surface area contributed by atoms with Gasteiger partial charge in [-0.25, -0.2) is 4.79 Å².